The number of amides is 1. The number of hydrogen-bond donors (Lipinski definition) is 0. The van der Waals surface area contributed by atoms with E-state index in [-0.39, 0.29) is 5.92 Å². The van der Waals surface area contributed by atoms with E-state index >= 15 is 0 Å². The van der Waals surface area contributed by atoms with E-state index in [2.05, 4.69) is 19.7 Å². The van der Waals surface area contributed by atoms with Gasteiger partial charge in [0, 0.05) is 44.4 Å². The van der Waals surface area contributed by atoms with Gasteiger partial charge >= 0.3 is 6.18 Å². The predicted octanol–water partition coefficient (Wildman–Crippen LogP) is 2.59. The number of carbonyl (C=O) groups excluding carboxylic acids is 1. The number of carbonyl (C=O) groups is 1. The second-order valence-electron chi connectivity index (χ2n) is 6.72. The molecule has 27 heavy (non-hydrogen) atoms. The van der Waals surface area contributed by atoms with E-state index in [0.717, 1.165) is 18.2 Å². The van der Waals surface area contributed by atoms with Gasteiger partial charge in [0.05, 0.1) is 19.3 Å². The lowest BCUT2D eigenvalue weighted by atomic mass is 9.95. The molecule has 0 N–H and O–H groups in total. The summed E-state index contributed by atoms with van der Waals surface area (Å²) >= 11 is 0. The van der Waals surface area contributed by atoms with Crippen molar-refractivity contribution in [2.75, 3.05) is 13.1 Å². The molecule has 1 fully saturated rings. The van der Waals surface area contributed by atoms with Crippen molar-refractivity contribution in [1.29, 1.82) is 0 Å². The largest absolute Gasteiger partial charge is 0.389 e. The van der Waals surface area contributed by atoms with E-state index in [0.29, 0.717) is 32.5 Å². The van der Waals surface area contributed by atoms with Gasteiger partial charge in [-0.05, 0) is 19.8 Å². The molecule has 1 aliphatic heterocycles. The third-order valence-electron chi connectivity index (χ3n) is 4.89. The molecule has 1 amide bonds. The molecule has 0 spiro atoms. The van der Waals surface area contributed by atoms with Crippen LogP contribution in [0, 0.1) is 0 Å². The Morgan fingerprint density at radius 1 is 1.26 bits per heavy atom. The summed E-state index contributed by atoms with van der Waals surface area (Å²) in [6.07, 6.45) is 0.818. The first-order valence-electron chi connectivity index (χ1n) is 9.09. The number of aromatic nitrogens is 5. The van der Waals surface area contributed by atoms with Gasteiger partial charge < -0.3 is 14.0 Å². The third-order valence-corrected chi connectivity index (χ3v) is 4.89. The van der Waals surface area contributed by atoms with Crippen LogP contribution in [0.3, 0.4) is 0 Å². The number of nitrogens with zero attached hydrogens (tertiary/aromatic N) is 6. The van der Waals surface area contributed by atoms with Crippen LogP contribution < -0.4 is 0 Å². The summed E-state index contributed by atoms with van der Waals surface area (Å²) in [6, 6.07) is 0. The van der Waals surface area contributed by atoms with Crippen LogP contribution in [0.2, 0.25) is 0 Å². The zero-order valence-electron chi connectivity index (χ0n) is 15.2. The van der Waals surface area contributed by atoms with E-state index in [9.17, 15) is 18.0 Å². The summed E-state index contributed by atoms with van der Waals surface area (Å²) in [6.45, 7) is 4.25. The Labute approximate surface area is 155 Å². The number of alkyl halides is 3. The number of hydrogen-bond acceptors (Lipinski definition) is 4. The molecule has 1 aliphatic rings. The Morgan fingerprint density at radius 2 is 2.00 bits per heavy atom. The van der Waals surface area contributed by atoms with Crippen LogP contribution >= 0.6 is 0 Å². The first-order chi connectivity index (χ1) is 12.9. The highest BCUT2D eigenvalue weighted by Crippen LogP contribution is 2.29. The van der Waals surface area contributed by atoms with E-state index in [1.54, 1.807) is 12.5 Å². The topological polar surface area (TPSA) is 68.8 Å². The molecular formula is C17H23F3N6O. The Hall–Kier alpha value is -2.39. The van der Waals surface area contributed by atoms with Crippen LogP contribution in [0.25, 0.3) is 0 Å². The molecule has 0 saturated carbocycles. The monoisotopic (exact) mass is 384 g/mol. The summed E-state index contributed by atoms with van der Waals surface area (Å²) in [5, 5.41) is 8.66. The zero-order chi connectivity index (χ0) is 19.4. The molecule has 0 bridgehead atoms. The molecule has 0 unspecified atom stereocenters. The van der Waals surface area contributed by atoms with Crippen molar-refractivity contribution in [2.45, 2.75) is 57.8 Å². The second-order valence-corrected chi connectivity index (χ2v) is 6.72. The lowest BCUT2D eigenvalue weighted by Crippen LogP contribution is -2.38. The molecule has 0 aromatic carbocycles. The fourth-order valence-corrected chi connectivity index (χ4v) is 3.45. The van der Waals surface area contributed by atoms with Crippen LogP contribution in [0.1, 0.15) is 50.2 Å². The molecular weight excluding hydrogens is 361 g/mol. The van der Waals surface area contributed by atoms with E-state index in [4.69, 9.17) is 0 Å². The Balaban J connectivity index is 1.59. The smallest absolute Gasteiger partial charge is 0.343 e. The van der Waals surface area contributed by atoms with Gasteiger partial charge in [-0.15, -0.1) is 10.2 Å². The van der Waals surface area contributed by atoms with E-state index in [1.165, 1.54) is 4.90 Å². The number of rotatable bonds is 6. The standard InChI is InChI=1S/C17H23F3N6O/c1-2-26-14(11-24-10-7-21-12-24)22-23-16(26)13-4-8-25(9-5-13)15(27)3-6-17(18,19)20/h7,10,12-13H,2-6,8-9,11H2,1H3. The van der Waals surface area contributed by atoms with Crippen LogP contribution in [0.15, 0.2) is 18.7 Å². The van der Waals surface area contributed by atoms with Crippen molar-refractivity contribution in [3.8, 4) is 0 Å². The average molecular weight is 384 g/mol. The first-order valence-corrected chi connectivity index (χ1v) is 9.09. The molecule has 2 aromatic rings. The molecule has 3 rings (SSSR count). The van der Waals surface area contributed by atoms with Gasteiger partial charge in [0.15, 0.2) is 5.82 Å². The van der Waals surface area contributed by atoms with E-state index < -0.39 is 24.9 Å². The van der Waals surface area contributed by atoms with Crippen LogP contribution in [0.4, 0.5) is 13.2 Å². The van der Waals surface area contributed by atoms with E-state index in [1.807, 2.05) is 17.7 Å². The normalized spacial score (nSPS) is 16.1. The highest BCUT2D eigenvalue weighted by atomic mass is 19.4. The zero-order valence-corrected chi connectivity index (χ0v) is 15.2. The summed E-state index contributed by atoms with van der Waals surface area (Å²) in [5.74, 6) is 1.45. The minimum Gasteiger partial charge on any atom is -0.343 e. The number of halogens is 3. The van der Waals surface area contributed by atoms with Crippen molar-refractivity contribution in [3.63, 3.8) is 0 Å². The van der Waals surface area contributed by atoms with Crippen LogP contribution in [0.5, 0.6) is 0 Å². The molecule has 2 aromatic heterocycles. The molecule has 0 aliphatic carbocycles. The summed E-state index contributed by atoms with van der Waals surface area (Å²) < 4.78 is 40.9. The molecule has 3 heterocycles. The van der Waals surface area contributed by atoms with Crippen molar-refractivity contribution < 1.29 is 18.0 Å². The Bertz CT molecular complexity index is 747. The number of likely N-dealkylation sites (tertiary alicyclic amines) is 1. The average Bonchev–Trinajstić information content (AvgIpc) is 3.29. The van der Waals surface area contributed by atoms with Gasteiger partial charge in [0.1, 0.15) is 5.82 Å². The van der Waals surface area contributed by atoms with Gasteiger partial charge in [-0.25, -0.2) is 4.98 Å². The van der Waals surface area contributed by atoms with Crippen molar-refractivity contribution in [1.82, 2.24) is 29.2 Å². The van der Waals surface area contributed by atoms with Crippen LogP contribution in [-0.4, -0.2) is 54.4 Å². The third kappa shape index (κ3) is 4.86. The lowest BCUT2D eigenvalue weighted by Gasteiger charge is -2.32. The fourth-order valence-electron chi connectivity index (χ4n) is 3.45. The predicted molar refractivity (Wildman–Crippen MR) is 90.9 cm³/mol. The number of piperidine rings is 1. The Kier molecular flexibility index (Phi) is 5.81. The molecule has 148 valence electrons. The highest BCUT2D eigenvalue weighted by Gasteiger charge is 2.31. The molecule has 1 saturated heterocycles. The number of imidazole rings is 1. The van der Waals surface area contributed by atoms with Crippen molar-refractivity contribution in [2.24, 2.45) is 0 Å². The van der Waals surface area contributed by atoms with Crippen molar-refractivity contribution >= 4 is 5.91 Å². The van der Waals surface area contributed by atoms with Gasteiger partial charge in [0.25, 0.3) is 0 Å². The van der Waals surface area contributed by atoms with Gasteiger partial charge in [-0.3, -0.25) is 4.79 Å². The van der Waals surface area contributed by atoms with Crippen molar-refractivity contribution in [3.05, 3.63) is 30.4 Å². The molecule has 7 nitrogen and oxygen atoms in total. The quantitative estimate of drug-likeness (QED) is 0.768. The van der Waals surface area contributed by atoms with Gasteiger partial charge in [-0.2, -0.15) is 13.2 Å². The lowest BCUT2D eigenvalue weighted by molar-refractivity contribution is -0.149. The summed E-state index contributed by atoms with van der Waals surface area (Å²) in [7, 11) is 0. The summed E-state index contributed by atoms with van der Waals surface area (Å²) in [5.41, 5.74) is 0. The highest BCUT2D eigenvalue weighted by molar-refractivity contribution is 5.76. The summed E-state index contributed by atoms with van der Waals surface area (Å²) in [4.78, 5) is 17.5. The van der Waals surface area contributed by atoms with Gasteiger partial charge in [-0.1, -0.05) is 0 Å². The molecule has 0 atom stereocenters. The van der Waals surface area contributed by atoms with Gasteiger partial charge in [0.2, 0.25) is 5.91 Å². The Morgan fingerprint density at radius 3 is 2.59 bits per heavy atom. The first kappa shape index (κ1) is 19.4. The van der Waals surface area contributed by atoms with Crippen LogP contribution in [-0.2, 0) is 17.9 Å². The maximum absolute atomic E-state index is 12.3. The molecule has 10 heteroatoms. The minimum absolute atomic E-state index is 0.153. The second kappa shape index (κ2) is 8.10. The minimum atomic E-state index is -4.29. The maximum atomic E-state index is 12.3. The maximum Gasteiger partial charge on any atom is 0.389 e. The fraction of sp³-hybridized carbons (Fsp3) is 0.647. The SMILES string of the molecule is CCn1c(Cn2ccnc2)nnc1C1CCN(C(=O)CCC(F)(F)F)CC1. The molecule has 0 radical (unpaired) electrons.